The van der Waals surface area contributed by atoms with Gasteiger partial charge >= 0.3 is 0 Å². The third-order valence-corrected chi connectivity index (χ3v) is 6.96. The number of piperazine rings is 1. The molecule has 4 aromatic rings. The van der Waals surface area contributed by atoms with E-state index in [1.54, 1.807) is 0 Å². The maximum Gasteiger partial charge on any atom is 0.264 e. The molecule has 2 fully saturated rings. The normalized spacial score (nSPS) is 19.7. The van der Waals surface area contributed by atoms with E-state index in [4.69, 9.17) is 4.98 Å². The molecule has 1 amide bonds. The first-order valence-corrected chi connectivity index (χ1v) is 11.3. The highest BCUT2D eigenvalue weighted by Crippen LogP contribution is 2.40. The number of benzene rings is 1. The summed E-state index contributed by atoms with van der Waals surface area (Å²) in [6.07, 6.45) is 2.32. The van der Waals surface area contributed by atoms with Gasteiger partial charge in [0.25, 0.3) is 5.91 Å². The van der Waals surface area contributed by atoms with Gasteiger partial charge in [0, 0.05) is 37.0 Å². The fourth-order valence-electron chi connectivity index (χ4n) is 4.39. The molecule has 7 nitrogen and oxygen atoms in total. The van der Waals surface area contributed by atoms with Gasteiger partial charge in [-0.2, -0.15) is 0 Å². The largest absolute Gasteiger partial charge is 0.338 e. The molecule has 2 aliphatic rings. The average molecular weight is 419 g/mol. The van der Waals surface area contributed by atoms with Crippen molar-refractivity contribution in [3.8, 4) is 0 Å². The molecule has 0 N–H and O–H groups in total. The second-order valence-corrected chi connectivity index (χ2v) is 9.14. The Kier molecular flexibility index (Phi) is 4.02. The zero-order valence-electron chi connectivity index (χ0n) is 16.7. The van der Waals surface area contributed by atoms with Crippen LogP contribution in [0.3, 0.4) is 0 Å². The van der Waals surface area contributed by atoms with E-state index in [1.165, 1.54) is 11.3 Å². The molecule has 0 radical (unpaired) electrons. The van der Waals surface area contributed by atoms with Crippen molar-refractivity contribution in [3.63, 3.8) is 0 Å². The molecule has 4 heterocycles. The second-order valence-electron chi connectivity index (χ2n) is 8.19. The summed E-state index contributed by atoms with van der Waals surface area (Å²) in [4.78, 5) is 23.0. The molecule has 1 aliphatic heterocycles. The fraction of sp³-hybridized carbons (Fsp3) is 0.364. The molecule has 6 rings (SSSR count). The van der Waals surface area contributed by atoms with E-state index in [0.29, 0.717) is 12.5 Å². The van der Waals surface area contributed by atoms with Crippen LogP contribution in [-0.4, -0.2) is 56.1 Å². The number of para-hydroxylation sites is 1. The van der Waals surface area contributed by atoms with Crippen molar-refractivity contribution in [2.75, 3.05) is 24.5 Å². The number of nitrogens with zero attached hydrogens (tertiary/aromatic N) is 6. The van der Waals surface area contributed by atoms with Crippen LogP contribution >= 0.6 is 11.3 Å². The van der Waals surface area contributed by atoms with E-state index in [9.17, 15) is 4.79 Å². The molecule has 30 heavy (non-hydrogen) atoms. The summed E-state index contributed by atoms with van der Waals surface area (Å²) in [5, 5.41) is 12.1. The molecule has 1 saturated carbocycles. The van der Waals surface area contributed by atoms with Gasteiger partial charge in [-0.3, -0.25) is 4.79 Å². The first-order chi connectivity index (χ1) is 14.7. The summed E-state index contributed by atoms with van der Waals surface area (Å²) in [5.41, 5.74) is 1.81. The molecule has 8 heteroatoms. The van der Waals surface area contributed by atoms with Crippen LogP contribution in [0.1, 0.15) is 41.2 Å². The molecule has 3 aromatic heterocycles. The van der Waals surface area contributed by atoms with Crippen molar-refractivity contribution < 1.29 is 4.79 Å². The quantitative estimate of drug-likeness (QED) is 0.509. The molecule has 1 saturated heterocycles. The molecule has 0 bridgehead atoms. The van der Waals surface area contributed by atoms with Gasteiger partial charge in [-0.05, 0) is 43.3 Å². The Morgan fingerprint density at radius 2 is 1.97 bits per heavy atom. The van der Waals surface area contributed by atoms with Crippen molar-refractivity contribution in [3.05, 3.63) is 52.5 Å². The zero-order chi connectivity index (χ0) is 20.2. The molecular weight excluding hydrogens is 396 g/mol. The number of rotatable bonds is 3. The van der Waals surface area contributed by atoms with Crippen LogP contribution in [0, 0.1) is 0 Å². The lowest BCUT2D eigenvalue weighted by atomic mass is 10.2. The Labute approximate surface area is 178 Å². The van der Waals surface area contributed by atoms with Crippen LogP contribution < -0.4 is 4.90 Å². The molecule has 1 aliphatic carbocycles. The molecule has 1 aromatic carbocycles. The van der Waals surface area contributed by atoms with Gasteiger partial charge in [0.05, 0.1) is 10.4 Å². The molecule has 1 atom stereocenters. The Balaban J connectivity index is 1.39. The number of thiophene rings is 1. The van der Waals surface area contributed by atoms with E-state index >= 15 is 0 Å². The van der Waals surface area contributed by atoms with Gasteiger partial charge < -0.3 is 9.80 Å². The summed E-state index contributed by atoms with van der Waals surface area (Å²) in [5.74, 6) is 2.51. The van der Waals surface area contributed by atoms with E-state index in [0.717, 1.165) is 59.1 Å². The van der Waals surface area contributed by atoms with Crippen molar-refractivity contribution in [1.82, 2.24) is 24.5 Å². The van der Waals surface area contributed by atoms with Crippen LogP contribution in [0.15, 0.2) is 41.8 Å². The zero-order valence-corrected chi connectivity index (χ0v) is 17.5. The van der Waals surface area contributed by atoms with Crippen LogP contribution in [0.25, 0.3) is 16.6 Å². The fourth-order valence-corrected chi connectivity index (χ4v) is 5.07. The van der Waals surface area contributed by atoms with Gasteiger partial charge in [-0.1, -0.05) is 18.2 Å². The third-order valence-electron chi connectivity index (χ3n) is 6.10. The number of amides is 1. The number of carbonyl (C=O) groups excluding carboxylic acids is 1. The standard InChI is InChI=1S/C22H22N6OS/c1-14-13-26(10-11-27(14)21(29)18-7-4-12-30-18)22-23-17-6-3-2-5-16(17)20-25-24-19(28(20)22)15-8-9-15/h2-7,12,14-15H,8-11,13H2,1H3/t14-/m0/s1. The number of hydrogen-bond acceptors (Lipinski definition) is 6. The van der Waals surface area contributed by atoms with Gasteiger partial charge in [0.2, 0.25) is 5.95 Å². The Morgan fingerprint density at radius 3 is 2.73 bits per heavy atom. The van der Waals surface area contributed by atoms with Gasteiger partial charge in [0.15, 0.2) is 5.65 Å². The predicted octanol–water partition coefficient (Wildman–Crippen LogP) is 3.57. The summed E-state index contributed by atoms with van der Waals surface area (Å²) in [7, 11) is 0. The Hall–Kier alpha value is -3.00. The van der Waals surface area contributed by atoms with Crippen molar-refractivity contribution in [1.29, 1.82) is 0 Å². The van der Waals surface area contributed by atoms with Gasteiger partial charge in [0.1, 0.15) is 5.82 Å². The van der Waals surface area contributed by atoms with Gasteiger partial charge in [-0.15, -0.1) is 21.5 Å². The number of anilines is 1. The second kappa shape index (κ2) is 6.77. The lowest BCUT2D eigenvalue weighted by Crippen LogP contribution is -2.54. The number of aromatic nitrogens is 4. The van der Waals surface area contributed by atoms with Gasteiger partial charge in [-0.25, -0.2) is 9.38 Å². The van der Waals surface area contributed by atoms with Crippen molar-refractivity contribution in [2.24, 2.45) is 0 Å². The summed E-state index contributed by atoms with van der Waals surface area (Å²) < 4.78 is 2.16. The highest BCUT2D eigenvalue weighted by atomic mass is 32.1. The molecule has 0 spiro atoms. The summed E-state index contributed by atoms with van der Waals surface area (Å²) in [6, 6.07) is 12.1. The maximum atomic E-state index is 12.9. The first-order valence-electron chi connectivity index (χ1n) is 10.4. The van der Waals surface area contributed by atoms with Crippen LogP contribution in [0.5, 0.6) is 0 Å². The van der Waals surface area contributed by atoms with Crippen molar-refractivity contribution >= 4 is 39.7 Å². The highest BCUT2D eigenvalue weighted by Gasteiger charge is 2.34. The minimum absolute atomic E-state index is 0.0949. The number of fused-ring (bicyclic) bond motifs is 3. The topological polar surface area (TPSA) is 66.6 Å². The van der Waals surface area contributed by atoms with E-state index in [-0.39, 0.29) is 11.9 Å². The summed E-state index contributed by atoms with van der Waals surface area (Å²) in [6.45, 7) is 4.27. The van der Waals surface area contributed by atoms with Crippen molar-refractivity contribution in [2.45, 2.75) is 31.7 Å². The SMILES string of the molecule is C[C@H]1CN(c2nc3ccccc3c3nnc(C4CC4)n23)CCN1C(=O)c1cccs1. The first kappa shape index (κ1) is 17.8. The molecular formula is C22H22N6OS. The van der Waals surface area contributed by atoms with Crippen LogP contribution in [0.2, 0.25) is 0 Å². The lowest BCUT2D eigenvalue weighted by molar-refractivity contribution is 0.0678. The Bertz CT molecular complexity index is 1250. The monoisotopic (exact) mass is 418 g/mol. The van der Waals surface area contributed by atoms with E-state index in [1.807, 2.05) is 40.6 Å². The van der Waals surface area contributed by atoms with E-state index < -0.39 is 0 Å². The van der Waals surface area contributed by atoms with E-state index in [2.05, 4.69) is 32.5 Å². The highest BCUT2D eigenvalue weighted by molar-refractivity contribution is 7.12. The van der Waals surface area contributed by atoms with Crippen LogP contribution in [0.4, 0.5) is 5.95 Å². The number of hydrogen-bond donors (Lipinski definition) is 0. The minimum atomic E-state index is 0.0949. The molecule has 0 unspecified atom stereocenters. The minimum Gasteiger partial charge on any atom is -0.338 e. The Morgan fingerprint density at radius 1 is 1.10 bits per heavy atom. The smallest absolute Gasteiger partial charge is 0.264 e. The average Bonchev–Trinajstić information content (AvgIpc) is 3.27. The third kappa shape index (κ3) is 2.78. The lowest BCUT2D eigenvalue weighted by Gasteiger charge is -2.40. The number of carbonyl (C=O) groups is 1. The molecule has 152 valence electrons. The summed E-state index contributed by atoms with van der Waals surface area (Å²) >= 11 is 1.50. The van der Waals surface area contributed by atoms with Crippen LogP contribution in [-0.2, 0) is 0 Å². The predicted molar refractivity (Wildman–Crippen MR) is 117 cm³/mol. The maximum absolute atomic E-state index is 12.9.